The molecule has 0 spiro atoms. The summed E-state index contributed by atoms with van der Waals surface area (Å²) in [5.74, 6) is 4.25. The highest BCUT2D eigenvalue weighted by Gasteiger charge is 2.23. The van der Waals surface area contributed by atoms with Crippen molar-refractivity contribution in [3.63, 3.8) is 0 Å². The molecular weight excluding hydrogens is 535 g/mol. The first-order chi connectivity index (χ1) is 19.4. The van der Waals surface area contributed by atoms with Gasteiger partial charge < -0.3 is 14.2 Å². The normalized spacial score (nSPS) is 14.9. The van der Waals surface area contributed by atoms with Gasteiger partial charge in [-0.15, -0.1) is 0 Å². The van der Waals surface area contributed by atoms with Crippen LogP contribution in [-0.2, 0) is 14.2 Å². The summed E-state index contributed by atoms with van der Waals surface area (Å²) < 4.78 is 32.4. The number of aromatic nitrogens is 2. The number of hydrogen-bond donors (Lipinski definition) is 0. The molecule has 9 heteroatoms. The molecule has 0 radical (unpaired) electrons. The molecule has 0 bridgehead atoms. The zero-order valence-electron chi connectivity index (χ0n) is 22.0. The zero-order chi connectivity index (χ0) is 28.2. The first-order valence-corrected chi connectivity index (χ1v) is 13.2. The Bertz CT molecular complexity index is 1640. The molecule has 1 aromatic heterocycles. The van der Waals surface area contributed by atoms with E-state index in [0.29, 0.717) is 34.2 Å². The van der Waals surface area contributed by atoms with Gasteiger partial charge in [-0.2, -0.15) is 9.78 Å². The summed E-state index contributed by atoms with van der Waals surface area (Å²) in [7, 11) is 1.22. The van der Waals surface area contributed by atoms with Crippen molar-refractivity contribution < 1.29 is 28.2 Å². The van der Waals surface area contributed by atoms with Gasteiger partial charge in [-0.25, -0.2) is 9.18 Å². The molecule has 0 amide bonds. The Balaban J connectivity index is 1.57. The largest absolute Gasteiger partial charge is 0.465 e. The maximum absolute atomic E-state index is 15.3. The van der Waals surface area contributed by atoms with Crippen LogP contribution in [0.3, 0.4) is 0 Å². The van der Waals surface area contributed by atoms with Crippen molar-refractivity contribution in [3.05, 3.63) is 87.7 Å². The van der Waals surface area contributed by atoms with Crippen molar-refractivity contribution in [3.8, 4) is 23.1 Å². The van der Waals surface area contributed by atoms with Crippen molar-refractivity contribution in [1.82, 2.24) is 9.78 Å². The number of carbonyl (C=O) groups excluding carboxylic acids is 2. The number of halogens is 2. The molecule has 4 aromatic rings. The number of hydrogen-bond acceptors (Lipinski definition) is 6. The third-order valence-electron chi connectivity index (χ3n) is 6.67. The van der Waals surface area contributed by atoms with Crippen LogP contribution in [0.2, 0.25) is 5.02 Å². The van der Waals surface area contributed by atoms with Gasteiger partial charge >= 0.3 is 5.97 Å². The summed E-state index contributed by atoms with van der Waals surface area (Å²) in [6, 6.07) is 14.4. The number of ether oxygens (including phenoxy) is 3. The van der Waals surface area contributed by atoms with Crippen LogP contribution in [0.5, 0.6) is 0 Å². The quantitative estimate of drug-likeness (QED) is 0.214. The summed E-state index contributed by atoms with van der Waals surface area (Å²) in [5, 5.41) is 5.34. The Morgan fingerprint density at radius 3 is 2.75 bits per heavy atom. The minimum atomic E-state index is -0.679. The number of nitrogens with zero attached hydrogens (tertiary/aromatic N) is 2. The summed E-state index contributed by atoms with van der Waals surface area (Å²) in [4.78, 5) is 25.6. The Morgan fingerprint density at radius 2 is 2.02 bits per heavy atom. The summed E-state index contributed by atoms with van der Waals surface area (Å²) in [6.45, 7) is 2.67. The second-order valence-electron chi connectivity index (χ2n) is 9.32. The van der Waals surface area contributed by atoms with Crippen LogP contribution in [0.15, 0.2) is 54.6 Å². The minimum absolute atomic E-state index is 0.0636. The molecule has 40 heavy (non-hydrogen) atoms. The van der Waals surface area contributed by atoms with Gasteiger partial charge in [0.1, 0.15) is 18.1 Å². The van der Waals surface area contributed by atoms with E-state index in [4.69, 9.17) is 25.8 Å². The molecule has 1 fully saturated rings. The Labute approximate surface area is 235 Å². The first kappa shape index (κ1) is 27.5. The predicted molar refractivity (Wildman–Crippen MR) is 149 cm³/mol. The lowest BCUT2D eigenvalue weighted by molar-refractivity contribution is -0.154. The number of methoxy groups -OCH3 is 1. The van der Waals surface area contributed by atoms with Crippen LogP contribution in [0, 0.1) is 24.6 Å². The molecular formula is C31H26ClFN2O5. The number of esters is 1. The lowest BCUT2D eigenvalue weighted by atomic mass is 10.0. The number of carbonyl (C=O) groups is 2. The fourth-order valence-corrected chi connectivity index (χ4v) is 4.93. The molecule has 5 rings (SSSR count). The maximum atomic E-state index is 15.3. The number of aryl methyl sites for hydroxylation is 1. The summed E-state index contributed by atoms with van der Waals surface area (Å²) in [5.41, 5.74) is 2.44. The van der Waals surface area contributed by atoms with E-state index in [0.717, 1.165) is 25.3 Å². The molecule has 7 nitrogen and oxygen atoms in total. The maximum Gasteiger partial charge on any atom is 0.337 e. The smallest absolute Gasteiger partial charge is 0.337 e. The van der Waals surface area contributed by atoms with Gasteiger partial charge in [0.2, 0.25) is 0 Å². The van der Waals surface area contributed by atoms with Crippen molar-refractivity contribution >= 4 is 34.4 Å². The van der Waals surface area contributed by atoms with Crippen molar-refractivity contribution in [2.75, 3.05) is 20.3 Å². The van der Waals surface area contributed by atoms with Gasteiger partial charge in [-0.05, 0) is 74.2 Å². The predicted octanol–water partition coefficient (Wildman–Crippen LogP) is 6.17. The van der Waals surface area contributed by atoms with Crippen LogP contribution >= 0.6 is 11.6 Å². The van der Waals surface area contributed by atoms with E-state index in [2.05, 4.69) is 16.9 Å². The SMILES string of the molecule is COC(=O)c1ccc(-c2nn(C(=O)c3c(C)cccc3Cl)c3cc(C#CCOC4CCCCO4)ccc23)c(F)c1. The highest BCUT2D eigenvalue weighted by atomic mass is 35.5. The molecule has 2 heterocycles. The van der Waals surface area contributed by atoms with Gasteiger partial charge in [0, 0.05) is 23.1 Å². The molecule has 1 unspecified atom stereocenters. The van der Waals surface area contributed by atoms with E-state index in [1.54, 1.807) is 43.3 Å². The standard InChI is InChI=1S/C31H26ClFN2O5/c1-19-7-5-9-24(32)28(19)30(36)35-26-17-20(8-6-16-40-27-10-3-4-15-39-27)11-13-23(26)29(34-35)22-14-12-21(18-25(22)33)31(37)38-2/h5,7,9,11-14,17-18,27H,3-4,10,15-16H2,1-2H3. The number of fused-ring (bicyclic) bond motifs is 1. The van der Waals surface area contributed by atoms with Gasteiger partial charge in [0.15, 0.2) is 6.29 Å². The molecule has 0 aliphatic carbocycles. The second-order valence-corrected chi connectivity index (χ2v) is 9.73. The average Bonchev–Trinajstić information content (AvgIpc) is 3.34. The number of rotatable bonds is 5. The van der Waals surface area contributed by atoms with Crippen LogP contribution in [-0.4, -0.2) is 48.3 Å². The minimum Gasteiger partial charge on any atom is -0.465 e. The first-order valence-electron chi connectivity index (χ1n) is 12.8. The molecule has 0 N–H and O–H groups in total. The molecule has 3 aromatic carbocycles. The molecule has 0 saturated carbocycles. The highest BCUT2D eigenvalue weighted by Crippen LogP contribution is 2.32. The molecule has 1 atom stereocenters. The van der Waals surface area contributed by atoms with Crippen LogP contribution in [0.1, 0.15) is 51.1 Å². The second kappa shape index (κ2) is 12.0. The Morgan fingerprint density at radius 1 is 1.18 bits per heavy atom. The third-order valence-corrected chi connectivity index (χ3v) is 6.98. The molecule has 1 saturated heterocycles. The van der Waals surface area contributed by atoms with Crippen LogP contribution in [0.25, 0.3) is 22.2 Å². The Hall–Kier alpha value is -4.03. The van der Waals surface area contributed by atoms with E-state index in [1.807, 2.05) is 0 Å². The summed E-state index contributed by atoms with van der Waals surface area (Å²) in [6.07, 6.45) is 2.70. The van der Waals surface area contributed by atoms with Gasteiger partial charge in [-0.1, -0.05) is 35.6 Å². The van der Waals surface area contributed by atoms with Crippen molar-refractivity contribution in [1.29, 1.82) is 0 Å². The Kier molecular flexibility index (Phi) is 8.27. The molecule has 204 valence electrons. The van der Waals surface area contributed by atoms with E-state index in [-0.39, 0.29) is 34.7 Å². The van der Waals surface area contributed by atoms with E-state index in [1.165, 1.54) is 23.9 Å². The fourth-order valence-electron chi connectivity index (χ4n) is 4.62. The van der Waals surface area contributed by atoms with E-state index < -0.39 is 17.7 Å². The molecule has 1 aliphatic rings. The monoisotopic (exact) mass is 560 g/mol. The van der Waals surface area contributed by atoms with Crippen molar-refractivity contribution in [2.24, 2.45) is 0 Å². The van der Waals surface area contributed by atoms with E-state index >= 15 is 4.39 Å². The third kappa shape index (κ3) is 5.63. The van der Waals surface area contributed by atoms with Crippen molar-refractivity contribution in [2.45, 2.75) is 32.5 Å². The van der Waals surface area contributed by atoms with Crippen LogP contribution < -0.4 is 0 Å². The number of benzene rings is 3. The van der Waals surface area contributed by atoms with Gasteiger partial charge in [0.25, 0.3) is 5.91 Å². The zero-order valence-corrected chi connectivity index (χ0v) is 22.8. The highest BCUT2D eigenvalue weighted by molar-refractivity contribution is 6.34. The fraction of sp³-hybridized carbons (Fsp3) is 0.258. The van der Waals surface area contributed by atoms with E-state index in [9.17, 15) is 9.59 Å². The average molecular weight is 561 g/mol. The van der Waals surface area contributed by atoms with Gasteiger partial charge in [-0.3, -0.25) is 4.79 Å². The van der Waals surface area contributed by atoms with Crippen LogP contribution in [0.4, 0.5) is 4.39 Å². The topological polar surface area (TPSA) is 79.7 Å². The lowest BCUT2D eigenvalue weighted by Crippen LogP contribution is -2.22. The summed E-state index contributed by atoms with van der Waals surface area (Å²) >= 11 is 6.40. The lowest BCUT2D eigenvalue weighted by Gasteiger charge is -2.21. The molecule has 1 aliphatic heterocycles. The van der Waals surface area contributed by atoms with Gasteiger partial charge in [0.05, 0.1) is 28.8 Å².